The molecular weight excluding hydrogens is 224 g/mol. The molecule has 1 aliphatic rings. The SMILES string of the molecule is CCNCc1cc(CN2CC=C(C)CC2)oc1C. The van der Waals surface area contributed by atoms with Crippen LogP contribution in [0.15, 0.2) is 22.1 Å². The van der Waals surface area contributed by atoms with Gasteiger partial charge in [0.05, 0.1) is 6.54 Å². The molecule has 0 spiro atoms. The second-order valence-corrected chi connectivity index (χ2v) is 5.11. The maximum atomic E-state index is 5.84. The summed E-state index contributed by atoms with van der Waals surface area (Å²) in [6.45, 7) is 11.4. The summed E-state index contributed by atoms with van der Waals surface area (Å²) in [5.74, 6) is 2.14. The standard InChI is InChI=1S/C15H24N2O/c1-4-16-10-14-9-15(18-13(14)3)11-17-7-5-12(2)6-8-17/h5,9,16H,4,6-8,10-11H2,1-3H3. The van der Waals surface area contributed by atoms with E-state index in [1.54, 1.807) is 0 Å². The molecule has 0 aliphatic carbocycles. The second kappa shape index (κ2) is 6.21. The van der Waals surface area contributed by atoms with Crippen molar-refractivity contribution in [2.24, 2.45) is 0 Å². The van der Waals surface area contributed by atoms with Gasteiger partial charge in [0, 0.05) is 25.2 Å². The van der Waals surface area contributed by atoms with Crippen LogP contribution in [0.4, 0.5) is 0 Å². The van der Waals surface area contributed by atoms with E-state index in [2.05, 4.69) is 43.1 Å². The number of aryl methyl sites for hydroxylation is 1. The second-order valence-electron chi connectivity index (χ2n) is 5.11. The van der Waals surface area contributed by atoms with Gasteiger partial charge in [0.2, 0.25) is 0 Å². The van der Waals surface area contributed by atoms with Crippen LogP contribution in [0, 0.1) is 6.92 Å². The fourth-order valence-electron chi connectivity index (χ4n) is 2.28. The summed E-state index contributed by atoms with van der Waals surface area (Å²) in [6, 6.07) is 2.20. The fourth-order valence-corrected chi connectivity index (χ4v) is 2.28. The molecule has 0 saturated carbocycles. The lowest BCUT2D eigenvalue weighted by atomic mass is 10.1. The highest BCUT2D eigenvalue weighted by Gasteiger charge is 2.13. The normalized spacial score (nSPS) is 16.9. The molecule has 18 heavy (non-hydrogen) atoms. The molecule has 0 atom stereocenters. The number of nitrogens with zero attached hydrogens (tertiary/aromatic N) is 1. The van der Waals surface area contributed by atoms with E-state index in [4.69, 9.17) is 4.42 Å². The minimum Gasteiger partial charge on any atom is -0.465 e. The maximum absolute atomic E-state index is 5.84. The molecule has 1 aliphatic heterocycles. The van der Waals surface area contributed by atoms with E-state index >= 15 is 0 Å². The average Bonchev–Trinajstić information content (AvgIpc) is 2.70. The Kier molecular flexibility index (Phi) is 4.61. The molecule has 0 unspecified atom stereocenters. The minimum absolute atomic E-state index is 0.908. The number of nitrogens with one attached hydrogen (secondary N) is 1. The summed E-state index contributed by atoms with van der Waals surface area (Å²) >= 11 is 0. The van der Waals surface area contributed by atoms with E-state index in [0.717, 1.165) is 44.2 Å². The first-order valence-corrected chi connectivity index (χ1v) is 6.86. The summed E-state index contributed by atoms with van der Waals surface area (Å²) < 4.78 is 5.84. The summed E-state index contributed by atoms with van der Waals surface area (Å²) in [5.41, 5.74) is 2.80. The minimum atomic E-state index is 0.908. The van der Waals surface area contributed by atoms with E-state index in [1.165, 1.54) is 17.6 Å². The molecule has 1 aromatic rings. The summed E-state index contributed by atoms with van der Waals surface area (Å²) in [5, 5.41) is 3.35. The van der Waals surface area contributed by atoms with Gasteiger partial charge in [-0.15, -0.1) is 0 Å². The number of hydrogen-bond donors (Lipinski definition) is 1. The lowest BCUT2D eigenvalue weighted by Crippen LogP contribution is -2.27. The van der Waals surface area contributed by atoms with Gasteiger partial charge < -0.3 is 9.73 Å². The van der Waals surface area contributed by atoms with Gasteiger partial charge in [-0.05, 0) is 32.9 Å². The first-order valence-electron chi connectivity index (χ1n) is 6.86. The van der Waals surface area contributed by atoms with Crippen LogP contribution in [0.1, 0.15) is 37.4 Å². The largest absolute Gasteiger partial charge is 0.465 e. The average molecular weight is 248 g/mol. The predicted molar refractivity (Wildman–Crippen MR) is 74.5 cm³/mol. The Morgan fingerprint density at radius 2 is 2.22 bits per heavy atom. The van der Waals surface area contributed by atoms with Gasteiger partial charge >= 0.3 is 0 Å². The lowest BCUT2D eigenvalue weighted by Gasteiger charge is -2.23. The van der Waals surface area contributed by atoms with Crippen LogP contribution >= 0.6 is 0 Å². The van der Waals surface area contributed by atoms with E-state index in [-0.39, 0.29) is 0 Å². The van der Waals surface area contributed by atoms with E-state index in [0.29, 0.717) is 0 Å². The summed E-state index contributed by atoms with van der Waals surface area (Å²) in [4.78, 5) is 2.43. The summed E-state index contributed by atoms with van der Waals surface area (Å²) in [7, 11) is 0. The highest BCUT2D eigenvalue weighted by molar-refractivity contribution is 5.21. The molecule has 100 valence electrons. The maximum Gasteiger partial charge on any atom is 0.118 e. The van der Waals surface area contributed by atoms with Gasteiger partial charge in [-0.3, -0.25) is 4.90 Å². The van der Waals surface area contributed by atoms with Gasteiger partial charge in [-0.1, -0.05) is 18.6 Å². The third kappa shape index (κ3) is 3.47. The van der Waals surface area contributed by atoms with Gasteiger partial charge in [-0.2, -0.15) is 0 Å². The first kappa shape index (κ1) is 13.4. The Morgan fingerprint density at radius 3 is 2.89 bits per heavy atom. The van der Waals surface area contributed by atoms with Crippen molar-refractivity contribution in [3.05, 3.63) is 34.8 Å². The Labute approximate surface area is 110 Å². The first-order chi connectivity index (χ1) is 8.69. The highest BCUT2D eigenvalue weighted by Crippen LogP contribution is 2.18. The molecular formula is C15H24N2O. The zero-order valence-electron chi connectivity index (χ0n) is 11.8. The molecule has 0 radical (unpaired) electrons. The molecule has 1 aromatic heterocycles. The van der Waals surface area contributed by atoms with Crippen LogP contribution in [0.3, 0.4) is 0 Å². The van der Waals surface area contributed by atoms with E-state index < -0.39 is 0 Å². The molecule has 0 bridgehead atoms. The van der Waals surface area contributed by atoms with Crippen LogP contribution in [0.25, 0.3) is 0 Å². The van der Waals surface area contributed by atoms with Gasteiger partial charge in [0.25, 0.3) is 0 Å². The van der Waals surface area contributed by atoms with Crippen molar-refractivity contribution in [2.45, 2.75) is 40.3 Å². The monoisotopic (exact) mass is 248 g/mol. The quantitative estimate of drug-likeness (QED) is 0.812. The van der Waals surface area contributed by atoms with Crippen LogP contribution in [0.5, 0.6) is 0 Å². The van der Waals surface area contributed by atoms with Crippen molar-refractivity contribution in [2.75, 3.05) is 19.6 Å². The number of rotatable bonds is 5. The van der Waals surface area contributed by atoms with Crippen molar-refractivity contribution in [1.82, 2.24) is 10.2 Å². The molecule has 3 heteroatoms. The third-order valence-electron chi connectivity index (χ3n) is 3.54. The Morgan fingerprint density at radius 1 is 1.39 bits per heavy atom. The number of hydrogen-bond acceptors (Lipinski definition) is 3. The third-order valence-corrected chi connectivity index (χ3v) is 3.54. The summed E-state index contributed by atoms with van der Waals surface area (Å²) in [6.07, 6.45) is 3.50. The predicted octanol–water partition coefficient (Wildman–Crippen LogP) is 2.85. The molecule has 1 N–H and O–H groups in total. The van der Waals surface area contributed by atoms with E-state index in [9.17, 15) is 0 Å². The van der Waals surface area contributed by atoms with Gasteiger partial charge in [0.15, 0.2) is 0 Å². The fraction of sp³-hybridized carbons (Fsp3) is 0.600. The van der Waals surface area contributed by atoms with Crippen molar-refractivity contribution < 1.29 is 4.42 Å². The Bertz CT molecular complexity index is 420. The molecule has 0 amide bonds. The zero-order chi connectivity index (χ0) is 13.0. The van der Waals surface area contributed by atoms with Crippen LogP contribution in [-0.2, 0) is 13.1 Å². The van der Waals surface area contributed by atoms with Crippen molar-refractivity contribution in [1.29, 1.82) is 0 Å². The smallest absolute Gasteiger partial charge is 0.118 e. The molecule has 2 heterocycles. The Balaban J connectivity index is 1.93. The van der Waals surface area contributed by atoms with Crippen LogP contribution in [-0.4, -0.2) is 24.5 Å². The van der Waals surface area contributed by atoms with Gasteiger partial charge in [0.1, 0.15) is 11.5 Å². The van der Waals surface area contributed by atoms with E-state index in [1.807, 2.05) is 0 Å². The Hall–Kier alpha value is -1.06. The van der Waals surface area contributed by atoms with Crippen LogP contribution in [0.2, 0.25) is 0 Å². The zero-order valence-corrected chi connectivity index (χ0v) is 11.8. The molecule has 0 fully saturated rings. The highest BCUT2D eigenvalue weighted by atomic mass is 16.3. The lowest BCUT2D eigenvalue weighted by molar-refractivity contribution is 0.259. The molecule has 0 saturated heterocycles. The van der Waals surface area contributed by atoms with Gasteiger partial charge in [-0.25, -0.2) is 0 Å². The van der Waals surface area contributed by atoms with Crippen molar-refractivity contribution in [3.63, 3.8) is 0 Å². The van der Waals surface area contributed by atoms with Crippen molar-refractivity contribution >= 4 is 0 Å². The molecule has 0 aromatic carbocycles. The molecule has 2 rings (SSSR count). The van der Waals surface area contributed by atoms with Crippen LogP contribution < -0.4 is 5.32 Å². The topological polar surface area (TPSA) is 28.4 Å². The molecule has 3 nitrogen and oxygen atoms in total. The van der Waals surface area contributed by atoms with Crippen molar-refractivity contribution in [3.8, 4) is 0 Å². The number of furan rings is 1.